The average Bonchev–Trinajstić information content (AvgIpc) is 2.20. The molecule has 0 aliphatic rings. The summed E-state index contributed by atoms with van der Waals surface area (Å²) in [5, 5.41) is 0. The third-order valence-corrected chi connectivity index (χ3v) is 2.53. The molecule has 78 valence electrons. The first kappa shape index (κ1) is 11.4. The Labute approximate surface area is 85.0 Å². The van der Waals surface area contributed by atoms with E-state index in [2.05, 4.69) is 0 Å². The first-order valence-corrected chi connectivity index (χ1v) is 5.45. The summed E-state index contributed by atoms with van der Waals surface area (Å²) in [4.78, 5) is 0. The molecule has 2 N–H and O–H groups in total. The molecule has 1 unspecified atom stereocenters. The van der Waals surface area contributed by atoms with E-state index in [0.717, 1.165) is 5.75 Å². The van der Waals surface area contributed by atoms with Gasteiger partial charge < -0.3 is 14.8 Å². The average molecular weight is 215 g/mol. The van der Waals surface area contributed by atoms with E-state index < -0.39 is 8.60 Å². The fourth-order valence-electron chi connectivity index (χ4n) is 0.824. The van der Waals surface area contributed by atoms with Crippen molar-refractivity contribution >= 4 is 8.60 Å². The van der Waals surface area contributed by atoms with Crippen molar-refractivity contribution in [3.8, 4) is 5.75 Å². The Kier molecular flexibility index (Phi) is 5.49. The van der Waals surface area contributed by atoms with Gasteiger partial charge in [0.15, 0.2) is 0 Å². The standard InChI is InChI=1S/C9H14NO3P/c1-2-11-14(12-8-10)13-9-6-4-3-5-7-9/h3-7H,2,8,10H2,1H3. The minimum absolute atomic E-state index is 0.0958. The second-order valence-electron chi connectivity index (χ2n) is 2.34. The van der Waals surface area contributed by atoms with E-state index in [1.54, 1.807) is 0 Å². The molecule has 1 aromatic rings. The maximum atomic E-state index is 5.44. The number of hydrogen-bond donors (Lipinski definition) is 1. The van der Waals surface area contributed by atoms with E-state index in [0.29, 0.717) is 6.61 Å². The van der Waals surface area contributed by atoms with Gasteiger partial charge >= 0.3 is 8.60 Å². The highest BCUT2D eigenvalue weighted by atomic mass is 31.2. The van der Waals surface area contributed by atoms with E-state index in [9.17, 15) is 0 Å². The zero-order chi connectivity index (χ0) is 10.2. The van der Waals surface area contributed by atoms with Crippen LogP contribution in [0.3, 0.4) is 0 Å². The summed E-state index contributed by atoms with van der Waals surface area (Å²) >= 11 is 0. The van der Waals surface area contributed by atoms with Gasteiger partial charge in [0, 0.05) is 0 Å². The monoisotopic (exact) mass is 215 g/mol. The molecule has 0 aromatic heterocycles. The van der Waals surface area contributed by atoms with Crippen LogP contribution in [-0.2, 0) is 9.05 Å². The van der Waals surface area contributed by atoms with Gasteiger partial charge in [0.1, 0.15) is 12.5 Å². The van der Waals surface area contributed by atoms with Crippen molar-refractivity contribution in [1.29, 1.82) is 0 Å². The quantitative estimate of drug-likeness (QED) is 0.584. The molecule has 0 spiro atoms. The molecule has 0 saturated carbocycles. The summed E-state index contributed by atoms with van der Waals surface area (Å²) in [6, 6.07) is 9.37. The fourth-order valence-corrected chi connectivity index (χ4v) is 1.63. The summed E-state index contributed by atoms with van der Waals surface area (Å²) in [6.45, 7) is 2.51. The largest absolute Gasteiger partial charge is 0.427 e. The van der Waals surface area contributed by atoms with Crippen molar-refractivity contribution < 1.29 is 13.6 Å². The van der Waals surface area contributed by atoms with Crippen LogP contribution in [0.1, 0.15) is 6.92 Å². The summed E-state index contributed by atoms with van der Waals surface area (Å²) < 4.78 is 15.7. The van der Waals surface area contributed by atoms with Crippen LogP contribution >= 0.6 is 8.60 Å². The van der Waals surface area contributed by atoms with Gasteiger partial charge in [-0.1, -0.05) is 18.2 Å². The zero-order valence-corrected chi connectivity index (χ0v) is 8.94. The number of nitrogens with two attached hydrogens (primary N) is 1. The fraction of sp³-hybridized carbons (Fsp3) is 0.333. The van der Waals surface area contributed by atoms with Crippen LogP contribution in [0.25, 0.3) is 0 Å². The van der Waals surface area contributed by atoms with Crippen LogP contribution < -0.4 is 10.3 Å². The topological polar surface area (TPSA) is 53.7 Å². The molecule has 0 amide bonds. The maximum Gasteiger partial charge on any atom is 0.398 e. The molecule has 0 bridgehead atoms. The molecule has 0 aliphatic carbocycles. The number of rotatable bonds is 6. The van der Waals surface area contributed by atoms with Gasteiger partial charge in [0.2, 0.25) is 0 Å². The second-order valence-corrected chi connectivity index (χ2v) is 3.49. The Morgan fingerprint density at radius 2 is 1.93 bits per heavy atom. The predicted molar refractivity (Wildman–Crippen MR) is 55.8 cm³/mol. The van der Waals surface area contributed by atoms with Crippen LogP contribution in [-0.4, -0.2) is 13.3 Å². The molecule has 0 radical (unpaired) electrons. The number of hydrogen-bond acceptors (Lipinski definition) is 4. The van der Waals surface area contributed by atoms with E-state index in [4.69, 9.17) is 19.3 Å². The number of benzene rings is 1. The van der Waals surface area contributed by atoms with E-state index in [1.807, 2.05) is 37.3 Å². The second kappa shape index (κ2) is 6.74. The normalized spacial score (nSPS) is 12.4. The summed E-state index contributed by atoms with van der Waals surface area (Å²) in [5.74, 6) is 0.723. The highest BCUT2D eigenvalue weighted by Crippen LogP contribution is 2.39. The molecular weight excluding hydrogens is 201 g/mol. The van der Waals surface area contributed by atoms with Gasteiger partial charge in [-0.25, -0.2) is 0 Å². The first-order valence-electron chi connectivity index (χ1n) is 4.36. The lowest BCUT2D eigenvalue weighted by Gasteiger charge is -2.14. The molecule has 1 aromatic carbocycles. The Balaban J connectivity index is 2.46. The molecule has 1 rings (SSSR count). The first-order chi connectivity index (χ1) is 6.86. The summed E-state index contributed by atoms with van der Waals surface area (Å²) in [7, 11) is -1.36. The molecule has 0 fully saturated rings. The minimum Gasteiger partial charge on any atom is -0.427 e. The summed E-state index contributed by atoms with van der Waals surface area (Å²) in [5.41, 5.74) is 5.25. The van der Waals surface area contributed by atoms with Crippen molar-refractivity contribution in [2.75, 3.05) is 13.3 Å². The van der Waals surface area contributed by atoms with Gasteiger partial charge in [-0.3, -0.25) is 4.52 Å². The van der Waals surface area contributed by atoms with Gasteiger partial charge in [-0.15, -0.1) is 0 Å². The molecule has 5 heteroatoms. The van der Waals surface area contributed by atoms with Crippen molar-refractivity contribution in [2.24, 2.45) is 5.73 Å². The van der Waals surface area contributed by atoms with Crippen molar-refractivity contribution in [2.45, 2.75) is 6.92 Å². The molecule has 0 aliphatic heterocycles. The molecule has 0 saturated heterocycles. The van der Waals surface area contributed by atoms with Crippen LogP contribution in [0, 0.1) is 0 Å². The van der Waals surface area contributed by atoms with Gasteiger partial charge in [0.05, 0.1) is 6.61 Å². The van der Waals surface area contributed by atoms with Crippen LogP contribution in [0.5, 0.6) is 5.75 Å². The van der Waals surface area contributed by atoms with Crippen molar-refractivity contribution in [1.82, 2.24) is 0 Å². The highest BCUT2D eigenvalue weighted by molar-refractivity contribution is 7.42. The Hall–Kier alpha value is -0.670. The molecular formula is C9H14NO3P. The van der Waals surface area contributed by atoms with Crippen LogP contribution in [0.15, 0.2) is 30.3 Å². The van der Waals surface area contributed by atoms with E-state index in [1.165, 1.54) is 0 Å². The SMILES string of the molecule is CCOP(OCN)Oc1ccccc1. The van der Waals surface area contributed by atoms with Gasteiger partial charge in [-0.05, 0) is 19.1 Å². The zero-order valence-electron chi connectivity index (χ0n) is 8.05. The highest BCUT2D eigenvalue weighted by Gasteiger charge is 2.12. The van der Waals surface area contributed by atoms with E-state index in [-0.39, 0.29) is 6.73 Å². The van der Waals surface area contributed by atoms with Crippen LogP contribution in [0.2, 0.25) is 0 Å². The number of para-hydroxylation sites is 1. The summed E-state index contributed by atoms with van der Waals surface area (Å²) in [6.07, 6.45) is 0. The van der Waals surface area contributed by atoms with Crippen LogP contribution in [0.4, 0.5) is 0 Å². The lowest BCUT2D eigenvalue weighted by Crippen LogP contribution is -2.05. The lowest BCUT2D eigenvalue weighted by molar-refractivity contribution is 0.217. The molecule has 4 nitrogen and oxygen atoms in total. The van der Waals surface area contributed by atoms with Crippen molar-refractivity contribution in [3.05, 3.63) is 30.3 Å². The third kappa shape index (κ3) is 4.03. The smallest absolute Gasteiger partial charge is 0.398 e. The predicted octanol–water partition coefficient (Wildman–Crippen LogP) is 2.26. The Morgan fingerprint density at radius 1 is 1.21 bits per heavy atom. The molecule has 14 heavy (non-hydrogen) atoms. The van der Waals surface area contributed by atoms with Gasteiger partial charge in [-0.2, -0.15) is 0 Å². The Bertz CT molecular complexity index is 239. The van der Waals surface area contributed by atoms with Gasteiger partial charge in [0.25, 0.3) is 0 Å². The Morgan fingerprint density at radius 3 is 2.50 bits per heavy atom. The minimum atomic E-state index is -1.36. The molecule has 0 heterocycles. The lowest BCUT2D eigenvalue weighted by atomic mass is 10.3. The van der Waals surface area contributed by atoms with E-state index >= 15 is 0 Å². The molecule has 1 atom stereocenters. The third-order valence-electron chi connectivity index (χ3n) is 1.34. The van der Waals surface area contributed by atoms with Crippen molar-refractivity contribution in [3.63, 3.8) is 0 Å². The maximum absolute atomic E-state index is 5.44.